The summed E-state index contributed by atoms with van der Waals surface area (Å²) in [6.45, 7) is 26.5. The maximum Gasteiger partial charge on any atom is 0.524 e. The number of hydrogen-bond donors (Lipinski definition) is 2. The monoisotopic (exact) mass is 626 g/mol. The first kappa shape index (κ1) is 34.7. The molecule has 240 valence electrons. The van der Waals surface area contributed by atoms with Gasteiger partial charge in [0.2, 0.25) is 0 Å². The maximum atomic E-state index is 12.4. The summed E-state index contributed by atoms with van der Waals surface area (Å²) in [7, 11) is -4.89. The zero-order valence-electron chi connectivity index (χ0n) is 29.2. The average Bonchev–Trinajstić information content (AvgIpc) is 2.90. The highest BCUT2D eigenvalue weighted by Gasteiger charge is 2.31. The van der Waals surface area contributed by atoms with E-state index < -0.39 is 7.82 Å². The molecule has 0 spiro atoms. The predicted octanol–water partition coefficient (Wildman–Crippen LogP) is 11.3. The number of hydrogen-bond acceptors (Lipinski definition) is 2. The standard InChI is InChI=1S/C40H51O4P/c1-37(2,3)27-18-20-29(32(24-27)39(7,8)9)30-22-23-34(44-45(41,42)43)36(35(30)26-16-14-13-15-17-26)31-21-19-28(38(4,5)6)25-33(31)40(10,11)12/h13-25H,1-12H3,(H2,41,42,43). The summed E-state index contributed by atoms with van der Waals surface area (Å²) >= 11 is 0. The minimum atomic E-state index is -4.89. The van der Waals surface area contributed by atoms with Crippen molar-refractivity contribution in [2.24, 2.45) is 0 Å². The zero-order chi connectivity index (χ0) is 33.8. The molecule has 2 N–H and O–H groups in total. The van der Waals surface area contributed by atoms with E-state index >= 15 is 0 Å². The molecular formula is C40H51O4P. The van der Waals surface area contributed by atoms with Crippen molar-refractivity contribution in [2.75, 3.05) is 0 Å². The molecule has 0 heterocycles. The summed E-state index contributed by atoms with van der Waals surface area (Å²) in [5, 5.41) is 0. The van der Waals surface area contributed by atoms with Crippen LogP contribution in [0.3, 0.4) is 0 Å². The van der Waals surface area contributed by atoms with Gasteiger partial charge in [-0.25, -0.2) is 4.57 Å². The molecule has 4 aromatic carbocycles. The van der Waals surface area contributed by atoms with Gasteiger partial charge in [0, 0.05) is 11.1 Å². The van der Waals surface area contributed by atoms with Gasteiger partial charge in [0.25, 0.3) is 0 Å². The molecule has 0 bridgehead atoms. The molecule has 0 aliphatic heterocycles. The Balaban J connectivity index is 2.26. The van der Waals surface area contributed by atoms with Crippen molar-refractivity contribution in [3.05, 3.63) is 101 Å². The second kappa shape index (κ2) is 11.9. The Kier molecular flexibility index (Phi) is 9.16. The molecule has 4 nitrogen and oxygen atoms in total. The lowest BCUT2D eigenvalue weighted by molar-refractivity contribution is 0.283. The first-order chi connectivity index (χ1) is 20.5. The molecule has 0 atom stereocenters. The second-order valence-corrected chi connectivity index (χ2v) is 17.5. The zero-order valence-corrected chi connectivity index (χ0v) is 30.1. The van der Waals surface area contributed by atoms with Gasteiger partial charge in [0.05, 0.1) is 0 Å². The fourth-order valence-electron chi connectivity index (χ4n) is 5.90. The third kappa shape index (κ3) is 7.80. The van der Waals surface area contributed by atoms with E-state index in [-0.39, 0.29) is 27.4 Å². The van der Waals surface area contributed by atoms with Gasteiger partial charge < -0.3 is 4.52 Å². The Morgan fingerprint density at radius 2 is 0.956 bits per heavy atom. The number of phosphoric acid groups is 1. The van der Waals surface area contributed by atoms with Crippen LogP contribution >= 0.6 is 7.82 Å². The Bertz CT molecular complexity index is 1730. The van der Waals surface area contributed by atoms with E-state index in [0.29, 0.717) is 5.56 Å². The molecule has 4 rings (SSSR count). The van der Waals surface area contributed by atoms with Crippen molar-refractivity contribution < 1.29 is 18.9 Å². The van der Waals surface area contributed by atoms with Crippen LogP contribution in [0.2, 0.25) is 0 Å². The lowest BCUT2D eigenvalue weighted by atomic mass is 9.74. The molecule has 0 aromatic heterocycles. The Hall–Kier alpha value is -3.17. The molecule has 4 aromatic rings. The van der Waals surface area contributed by atoms with Crippen molar-refractivity contribution in [2.45, 2.75) is 105 Å². The van der Waals surface area contributed by atoms with Crippen LogP contribution in [0.1, 0.15) is 105 Å². The van der Waals surface area contributed by atoms with Gasteiger partial charge in [0.15, 0.2) is 0 Å². The fourth-order valence-corrected chi connectivity index (χ4v) is 6.31. The molecule has 0 saturated carbocycles. The number of phosphoric ester groups is 1. The summed E-state index contributed by atoms with van der Waals surface area (Å²) in [6, 6.07) is 27.0. The maximum absolute atomic E-state index is 12.4. The lowest BCUT2D eigenvalue weighted by Gasteiger charge is -2.31. The molecule has 0 amide bonds. The number of rotatable bonds is 5. The van der Waals surface area contributed by atoms with Crippen molar-refractivity contribution in [3.63, 3.8) is 0 Å². The van der Waals surface area contributed by atoms with E-state index in [2.05, 4.69) is 132 Å². The fraction of sp³-hybridized carbons (Fsp3) is 0.400. The molecule has 45 heavy (non-hydrogen) atoms. The summed E-state index contributed by atoms with van der Waals surface area (Å²) in [5.74, 6) is 0.156. The smallest absolute Gasteiger partial charge is 0.404 e. The van der Waals surface area contributed by atoms with E-state index in [1.165, 1.54) is 16.7 Å². The van der Waals surface area contributed by atoms with Gasteiger partial charge in [-0.1, -0.05) is 156 Å². The van der Waals surface area contributed by atoms with Crippen molar-refractivity contribution >= 4 is 7.82 Å². The summed E-state index contributed by atoms with van der Waals surface area (Å²) in [5.41, 5.74) is 9.65. The SMILES string of the molecule is CC(C)(C)c1ccc(-c2ccc(OP(=O)(O)O)c(-c3ccc(C(C)(C)C)cc3C(C)(C)C)c2-c2ccccc2)c(C(C)(C)C)c1. The summed E-state index contributed by atoms with van der Waals surface area (Å²) < 4.78 is 18.0. The Labute approximate surface area is 271 Å². The quantitative estimate of drug-likeness (QED) is 0.216. The molecular weight excluding hydrogens is 575 g/mol. The van der Waals surface area contributed by atoms with Crippen LogP contribution < -0.4 is 4.52 Å². The molecule has 0 aliphatic rings. The van der Waals surface area contributed by atoms with Crippen LogP contribution in [-0.2, 0) is 26.2 Å². The third-order valence-electron chi connectivity index (χ3n) is 8.39. The van der Waals surface area contributed by atoms with E-state index in [4.69, 9.17) is 4.52 Å². The van der Waals surface area contributed by atoms with Crippen LogP contribution in [0.5, 0.6) is 5.75 Å². The van der Waals surface area contributed by atoms with Gasteiger partial charge in [-0.3, -0.25) is 9.79 Å². The topological polar surface area (TPSA) is 66.8 Å². The van der Waals surface area contributed by atoms with Gasteiger partial charge in [-0.05, 0) is 72.2 Å². The molecule has 5 heteroatoms. The largest absolute Gasteiger partial charge is 0.524 e. The van der Waals surface area contributed by atoms with Crippen LogP contribution in [0.4, 0.5) is 0 Å². The van der Waals surface area contributed by atoms with E-state index in [0.717, 1.165) is 33.4 Å². The summed E-state index contributed by atoms with van der Waals surface area (Å²) in [4.78, 5) is 20.2. The Morgan fingerprint density at radius 3 is 1.40 bits per heavy atom. The van der Waals surface area contributed by atoms with Crippen molar-refractivity contribution in [1.82, 2.24) is 0 Å². The second-order valence-electron chi connectivity index (χ2n) is 16.3. The van der Waals surface area contributed by atoms with Crippen LogP contribution in [0.25, 0.3) is 33.4 Å². The molecule has 0 radical (unpaired) electrons. The normalized spacial score (nSPS) is 13.2. The van der Waals surface area contributed by atoms with Gasteiger partial charge >= 0.3 is 7.82 Å². The van der Waals surface area contributed by atoms with Crippen LogP contribution in [-0.4, -0.2) is 9.79 Å². The van der Waals surface area contributed by atoms with Crippen molar-refractivity contribution in [1.29, 1.82) is 0 Å². The van der Waals surface area contributed by atoms with Crippen molar-refractivity contribution in [3.8, 4) is 39.1 Å². The average molecular weight is 627 g/mol. The predicted molar refractivity (Wildman–Crippen MR) is 190 cm³/mol. The number of benzene rings is 4. The van der Waals surface area contributed by atoms with E-state index in [9.17, 15) is 14.4 Å². The molecule has 0 saturated heterocycles. The van der Waals surface area contributed by atoms with Gasteiger partial charge in [0.1, 0.15) is 5.75 Å². The van der Waals surface area contributed by atoms with Gasteiger partial charge in [-0.2, -0.15) is 0 Å². The van der Waals surface area contributed by atoms with Crippen LogP contribution in [0.15, 0.2) is 78.9 Å². The lowest BCUT2D eigenvalue weighted by Crippen LogP contribution is -2.18. The van der Waals surface area contributed by atoms with E-state index in [1.54, 1.807) is 6.07 Å². The highest BCUT2D eigenvalue weighted by molar-refractivity contribution is 7.46. The van der Waals surface area contributed by atoms with E-state index in [1.807, 2.05) is 24.3 Å². The Morgan fingerprint density at radius 1 is 0.511 bits per heavy atom. The molecule has 0 fully saturated rings. The molecule has 0 aliphatic carbocycles. The third-order valence-corrected chi connectivity index (χ3v) is 8.83. The van der Waals surface area contributed by atoms with Gasteiger partial charge in [-0.15, -0.1) is 0 Å². The molecule has 0 unspecified atom stereocenters. The first-order valence-electron chi connectivity index (χ1n) is 15.8. The minimum Gasteiger partial charge on any atom is -0.404 e. The summed E-state index contributed by atoms with van der Waals surface area (Å²) in [6.07, 6.45) is 0. The van der Waals surface area contributed by atoms with Crippen LogP contribution in [0, 0.1) is 0 Å². The minimum absolute atomic E-state index is 0.0243. The highest BCUT2D eigenvalue weighted by Crippen LogP contribution is 2.53. The highest BCUT2D eigenvalue weighted by atomic mass is 31.2. The first-order valence-corrected chi connectivity index (χ1v) is 17.3.